The second-order valence-electron chi connectivity index (χ2n) is 2.86. The van der Waals surface area contributed by atoms with Crippen LogP contribution in [-0.4, -0.2) is 18.2 Å². The molecule has 1 saturated heterocycles. The molecule has 1 aliphatic heterocycles. The van der Waals surface area contributed by atoms with E-state index in [-0.39, 0.29) is 0 Å². The van der Waals surface area contributed by atoms with Crippen LogP contribution in [0.3, 0.4) is 0 Å². The lowest BCUT2D eigenvalue weighted by molar-refractivity contribution is 0.975. The monoisotopic (exact) mass is 256 g/mol. The van der Waals surface area contributed by atoms with Gasteiger partial charge in [-0.2, -0.15) is 0 Å². The number of hydrogen-bond acceptors (Lipinski definition) is 1. The molecule has 68 valence electrons. The molecule has 0 unspecified atom stereocenters. The largest absolute Gasteiger partial charge is 0.360 e. The van der Waals surface area contributed by atoms with E-state index in [1.165, 1.54) is 0 Å². The second kappa shape index (κ2) is 3.64. The van der Waals surface area contributed by atoms with Crippen molar-refractivity contribution in [3.05, 3.63) is 28.7 Å². The second-order valence-corrected chi connectivity index (χ2v) is 4.16. The van der Waals surface area contributed by atoms with E-state index in [2.05, 4.69) is 38.3 Å². The third-order valence-corrected chi connectivity index (χ3v) is 2.89. The van der Waals surface area contributed by atoms with Crippen LogP contribution in [0.2, 0.25) is 0 Å². The Balaban J connectivity index is 2.25. The van der Waals surface area contributed by atoms with Gasteiger partial charge in [0.05, 0.1) is 0 Å². The lowest BCUT2D eigenvalue weighted by Gasteiger charge is -2.16. The lowest BCUT2D eigenvalue weighted by Crippen LogP contribution is -2.27. The zero-order valence-electron chi connectivity index (χ0n) is 6.96. The number of nitrogens with zero attached hydrogens (tertiary/aromatic N) is 1. The summed E-state index contributed by atoms with van der Waals surface area (Å²) in [6.07, 6.45) is 0. The van der Waals surface area contributed by atoms with Crippen LogP contribution in [0.4, 0.5) is 5.69 Å². The van der Waals surface area contributed by atoms with Gasteiger partial charge in [-0.1, -0.05) is 15.9 Å². The predicted molar refractivity (Wildman–Crippen MR) is 62.1 cm³/mol. The van der Waals surface area contributed by atoms with Crippen molar-refractivity contribution in [1.29, 1.82) is 0 Å². The minimum Gasteiger partial charge on any atom is -0.360 e. The van der Waals surface area contributed by atoms with Crippen LogP contribution >= 0.6 is 28.1 Å². The first kappa shape index (κ1) is 8.97. The van der Waals surface area contributed by atoms with E-state index in [1.54, 1.807) is 0 Å². The number of anilines is 1. The van der Waals surface area contributed by atoms with Crippen LogP contribution in [0.5, 0.6) is 0 Å². The van der Waals surface area contributed by atoms with Crippen molar-refractivity contribution in [2.45, 2.75) is 0 Å². The van der Waals surface area contributed by atoms with Gasteiger partial charge >= 0.3 is 0 Å². The van der Waals surface area contributed by atoms with Gasteiger partial charge in [0, 0.05) is 23.2 Å². The van der Waals surface area contributed by atoms with E-state index in [9.17, 15) is 0 Å². The van der Waals surface area contributed by atoms with E-state index in [4.69, 9.17) is 12.2 Å². The number of thiocarbonyl (C=S) groups is 1. The summed E-state index contributed by atoms with van der Waals surface area (Å²) in [7, 11) is 0. The van der Waals surface area contributed by atoms with E-state index >= 15 is 0 Å². The standard InChI is InChI=1S/C9H9BrN2S/c10-7-1-3-8(4-2-7)12-6-5-11-9(12)13/h1-4H,5-6H2,(H,11,13). The molecular weight excluding hydrogens is 248 g/mol. The number of benzene rings is 1. The van der Waals surface area contributed by atoms with Crippen LogP contribution < -0.4 is 10.2 Å². The Morgan fingerprint density at radius 2 is 2.00 bits per heavy atom. The molecule has 1 heterocycles. The minimum atomic E-state index is 0.822. The van der Waals surface area contributed by atoms with Crippen molar-refractivity contribution in [2.24, 2.45) is 0 Å². The molecule has 1 aromatic carbocycles. The normalized spacial score (nSPS) is 16.1. The Morgan fingerprint density at radius 3 is 2.54 bits per heavy atom. The summed E-state index contributed by atoms with van der Waals surface area (Å²) in [5.74, 6) is 0. The number of hydrogen-bond donors (Lipinski definition) is 1. The van der Waals surface area contributed by atoms with Gasteiger partial charge in [0.2, 0.25) is 0 Å². The molecule has 1 aliphatic rings. The average Bonchev–Trinajstić information content (AvgIpc) is 2.53. The molecule has 0 amide bonds. The first-order valence-corrected chi connectivity index (χ1v) is 5.28. The smallest absolute Gasteiger partial charge is 0.173 e. The van der Waals surface area contributed by atoms with Gasteiger partial charge in [0.15, 0.2) is 5.11 Å². The fourth-order valence-corrected chi connectivity index (χ4v) is 1.90. The summed E-state index contributed by atoms with van der Waals surface area (Å²) >= 11 is 8.56. The first-order valence-electron chi connectivity index (χ1n) is 4.08. The minimum absolute atomic E-state index is 0.822. The molecule has 0 spiro atoms. The molecule has 2 rings (SSSR count). The van der Waals surface area contributed by atoms with Crippen LogP contribution in [0.25, 0.3) is 0 Å². The summed E-state index contributed by atoms with van der Waals surface area (Å²) in [6, 6.07) is 8.17. The predicted octanol–water partition coefficient (Wildman–Crippen LogP) is 2.14. The Morgan fingerprint density at radius 1 is 1.31 bits per heavy atom. The van der Waals surface area contributed by atoms with Crippen molar-refractivity contribution >= 4 is 38.9 Å². The van der Waals surface area contributed by atoms with E-state index in [0.29, 0.717) is 0 Å². The first-order chi connectivity index (χ1) is 6.27. The summed E-state index contributed by atoms with van der Waals surface area (Å²) in [5.41, 5.74) is 1.15. The molecule has 0 saturated carbocycles. The fraction of sp³-hybridized carbons (Fsp3) is 0.222. The molecule has 0 radical (unpaired) electrons. The van der Waals surface area contributed by atoms with Gasteiger partial charge in [-0.25, -0.2) is 0 Å². The van der Waals surface area contributed by atoms with Gasteiger partial charge in [0.25, 0.3) is 0 Å². The van der Waals surface area contributed by atoms with Gasteiger partial charge in [-0.15, -0.1) is 0 Å². The van der Waals surface area contributed by atoms with Crippen molar-refractivity contribution in [3.63, 3.8) is 0 Å². The zero-order valence-corrected chi connectivity index (χ0v) is 9.36. The summed E-state index contributed by atoms with van der Waals surface area (Å²) in [6.45, 7) is 1.90. The SMILES string of the molecule is S=C1NCCN1c1ccc(Br)cc1. The Labute approximate surface area is 91.1 Å². The van der Waals surface area contributed by atoms with Crippen molar-refractivity contribution in [3.8, 4) is 0 Å². The molecule has 13 heavy (non-hydrogen) atoms. The maximum atomic E-state index is 5.16. The molecule has 0 bridgehead atoms. The van der Waals surface area contributed by atoms with E-state index in [0.717, 1.165) is 28.4 Å². The molecule has 0 aliphatic carbocycles. The molecule has 0 atom stereocenters. The van der Waals surface area contributed by atoms with E-state index in [1.807, 2.05) is 12.1 Å². The van der Waals surface area contributed by atoms with Crippen LogP contribution in [0.1, 0.15) is 0 Å². The maximum Gasteiger partial charge on any atom is 0.173 e. The van der Waals surface area contributed by atoms with Crippen molar-refractivity contribution in [1.82, 2.24) is 5.32 Å². The van der Waals surface area contributed by atoms with Crippen molar-refractivity contribution in [2.75, 3.05) is 18.0 Å². The number of rotatable bonds is 1. The van der Waals surface area contributed by atoms with Gasteiger partial charge in [0.1, 0.15) is 0 Å². The molecular formula is C9H9BrN2S. The Kier molecular flexibility index (Phi) is 2.51. The highest BCUT2D eigenvalue weighted by molar-refractivity contribution is 9.10. The highest BCUT2D eigenvalue weighted by Gasteiger charge is 2.16. The van der Waals surface area contributed by atoms with Gasteiger partial charge in [-0.05, 0) is 36.5 Å². The van der Waals surface area contributed by atoms with Crippen LogP contribution in [0.15, 0.2) is 28.7 Å². The number of nitrogens with one attached hydrogen (secondary N) is 1. The Bertz CT molecular complexity index is 323. The molecule has 4 heteroatoms. The highest BCUT2D eigenvalue weighted by Crippen LogP contribution is 2.19. The summed E-state index contributed by atoms with van der Waals surface area (Å²) < 4.78 is 1.09. The summed E-state index contributed by atoms with van der Waals surface area (Å²) in [5, 5.41) is 3.95. The van der Waals surface area contributed by atoms with Crippen LogP contribution in [-0.2, 0) is 0 Å². The maximum absolute atomic E-state index is 5.16. The van der Waals surface area contributed by atoms with Gasteiger partial charge < -0.3 is 10.2 Å². The molecule has 1 aromatic rings. The summed E-state index contributed by atoms with van der Waals surface area (Å²) in [4.78, 5) is 2.10. The fourth-order valence-electron chi connectivity index (χ4n) is 1.34. The average molecular weight is 257 g/mol. The number of halogens is 1. The lowest BCUT2D eigenvalue weighted by atomic mass is 10.3. The quantitative estimate of drug-likeness (QED) is 0.776. The molecule has 2 nitrogen and oxygen atoms in total. The van der Waals surface area contributed by atoms with Gasteiger partial charge in [-0.3, -0.25) is 0 Å². The highest BCUT2D eigenvalue weighted by atomic mass is 79.9. The Hall–Kier alpha value is -0.610. The molecule has 1 fully saturated rings. The third kappa shape index (κ3) is 1.84. The van der Waals surface area contributed by atoms with Crippen molar-refractivity contribution < 1.29 is 0 Å². The topological polar surface area (TPSA) is 15.3 Å². The third-order valence-electron chi connectivity index (χ3n) is 2.00. The van der Waals surface area contributed by atoms with E-state index < -0.39 is 0 Å². The van der Waals surface area contributed by atoms with Crippen LogP contribution in [0, 0.1) is 0 Å². The molecule has 0 aromatic heterocycles. The zero-order chi connectivity index (χ0) is 9.26. The molecule has 1 N–H and O–H groups in total.